The number of pyridine rings is 1. The third-order valence-electron chi connectivity index (χ3n) is 2.92. The summed E-state index contributed by atoms with van der Waals surface area (Å²) in [4.78, 5) is 16.3. The van der Waals surface area contributed by atoms with Gasteiger partial charge in [-0.3, -0.25) is 4.79 Å². The first kappa shape index (κ1) is 19.2. The minimum Gasteiger partial charge on any atom is -0.495 e. The van der Waals surface area contributed by atoms with E-state index in [9.17, 15) is 4.79 Å². The Balaban J connectivity index is 2.42. The van der Waals surface area contributed by atoms with Gasteiger partial charge in [-0.1, -0.05) is 58.0 Å². The first-order valence-corrected chi connectivity index (χ1v) is 8.12. The minimum absolute atomic E-state index is 0.0371. The summed E-state index contributed by atoms with van der Waals surface area (Å²) in [6.45, 7) is 0. The smallest absolute Gasteiger partial charge is 0.276 e. The number of halogens is 5. The van der Waals surface area contributed by atoms with Crippen LogP contribution in [-0.2, 0) is 0 Å². The summed E-state index contributed by atoms with van der Waals surface area (Å²) < 4.78 is 10.3. The van der Waals surface area contributed by atoms with Crippen molar-refractivity contribution in [3.63, 3.8) is 0 Å². The zero-order valence-electron chi connectivity index (χ0n) is 12.2. The minimum atomic E-state index is -0.667. The highest BCUT2D eigenvalue weighted by molar-refractivity contribution is 6.52. The third kappa shape index (κ3) is 3.76. The van der Waals surface area contributed by atoms with Gasteiger partial charge in [-0.05, 0) is 6.07 Å². The fourth-order valence-corrected chi connectivity index (χ4v) is 2.83. The molecule has 0 unspecified atom stereocenters. The summed E-state index contributed by atoms with van der Waals surface area (Å²) in [6, 6.07) is 2.99. The van der Waals surface area contributed by atoms with Crippen LogP contribution in [0.25, 0.3) is 0 Å². The lowest BCUT2D eigenvalue weighted by Gasteiger charge is -2.14. The Morgan fingerprint density at radius 1 is 0.958 bits per heavy atom. The number of amides is 1. The van der Waals surface area contributed by atoms with Crippen molar-refractivity contribution < 1.29 is 14.3 Å². The molecular formula is C14H9Cl5N2O3. The number of methoxy groups -OCH3 is 2. The maximum Gasteiger partial charge on any atom is 0.276 e. The second kappa shape index (κ2) is 7.85. The number of nitrogens with zero attached hydrogens (tertiary/aromatic N) is 1. The van der Waals surface area contributed by atoms with Crippen LogP contribution < -0.4 is 14.8 Å². The molecule has 0 aliphatic heterocycles. The summed E-state index contributed by atoms with van der Waals surface area (Å²) in [6.07, 6.45) is 0. The van der Waals surface area contributed by atoms with Gasteiger partial charge in [0.1, 0.15) is 22.3 Å². The molecule has 2 aromatic rings. The molecule has 128 valence electrons. The van der Waals surface area contributed by atoms with Crippen LogP contribution in [0.15, 0.2) is 12.1 Å². The number of ether oxygens (including phenoxy) is 2. The number of benzene rings is 1. The average molecular weight is 431 g/mol. The highest BCUT2D eigenvalue weighted by atomic mass is 35.5. The van der Waals surface area contributed by atoms with Crippen molar-refractivity contribution >= 4 is 69.6 Å². The van der Waals surface area contributed by atoms with E-state index in [0.717, 1.165) is 0 Å². The van der Waals surface area contributed by atoms with Crippen molar-refractivity contribution in [1.82, 2.24) is 4.98 Å². The van der Waals surface area contributed by atoms with Crippen LogP contribution in [0.3, 0.4) is 0 Å². The number of anilines is 1. The molecule has 1 aromatic heterocycles. The van der Waals surface area contributed by atoms with Gasteiger partial charge in [0.25, 0.3) is 5.91 Å². The quantitative estimate of drug-likeness (QED) is 0.640. The van der Waals surface area contributed by atoms with E-state index in [4.69, 9.17) is 67.5 Å². The van der Waals surface area contributed by atoms with Crippen molar-refractivity contribution in [2.24, 2.45) is 0 Å². The molecule has 1 aromatic carbocycles. The van der Waals surface area contributed by atoms with Crippen LogP contribution in [0.1, 0.15) is 10.5 Å². The largest absolute Gasteiger partial charge is 0.495 e. The van der Waals surface area contributed by atoms with Crippen LogP contribution >= 0.6 is 58.0 Å². The van der Waals surface area contributed by atoms with Crippen LogP contribution in [0.2, 0.25) is 25.2 Å². The molecular weight excluding hydrogens is 421 g/mol. The lowest BCUT2D eigenvalue weighted by atomic mass is 10.2. The van der Waals surface area contributed by atoms with E-state index in [-0.39, 0.29) is 36.6 Å². The molecule has 0 saturated carbocycles. The number of rotatable bonds is 4. The molecule has 1 N–H and O–H groups in total. The SMILES string of the molecule is COc1cc(OC)c(NC(=O)c2nc(Cl)c(Cl)c(Cl)c2Cl)cc1Cl. The molecule has 2 rings (SSSR count). The van der Waals surface area contributed by atoms with Crippen LogP contribution in [-0.4, -0.2) is 25.1 Å². The van der Waals surface area contributed by atoms with E-state index in [1.807, 2.05) is 0 Å². The predicted molar refractivity (Wildman–Crippen MR) is 96.8 cm³/mol. The van der Waals surface area contributed by atoms with Gasteiger partial charge in [0.15, 0.2) is 0 Å². The fraction of sp³-hybridized carbons (Fsp3) is 0.143. The zero-order valence-corrected chi connectivity index (χ0v) is 16.0. The van der Waals surface area contributed by atoms with Gasteiger partial charge in [0.05, 0.1) is 40.0 Å². The third-order valence-corrected chi connectivity index (χ3v) is 4.89. The summed E-state index contributed by atoms with van der Waals surface area (Å²) in [5, 5.41) is 2.48. The Morgan fingerprint density at radius 3 is 2.17 bits per heavy atom. The maximum absolute atomic E-state index is 12.4. The van der Waals surface area contributed by atoms with Gasteiger partial charge in [-0.15, -0.1) is 0 Å². The molecule has 0 aliphatic carbocycles. The van der Waals surface area contributed by atoms with E-state index < -0.39 is 5.91 Å². The van der Waals surface area contributed by atoms with E-state index >= 15 is 0 Å². The number of aromatic nitrogens is 1. The van der Waals surface area contributed by atoms with Gasteiger partial charge in [0.2, 0.25) is 0 Å². The van der Waals surface area contributed by atoms with Crippen molar-refractivity contribution in [3.05, 3.63) is 43.1 Å². The molecule has 0 bridgehead atoms. The summed E-state index contributed by atoms with van der Waals surface area (Å²) in [5.74, 6) is 0.0483. The van der Waals surface area contributed by atoms with Crippen molar-refractivity contribution in [1.29, 1.82) is 0 Å². The molecule has 1 amide bonds. The number of carbonyl (C=O) groups is 1. The average Bonchev–Trinajstić information content (AvgIpc) is 2.56. The molecule has 10 heteroatoms. The Bertz CT molecular complexity index is 814. The monoisotopic (exact) mass is 428 g/mol. The number of nitrogens with one attached hydrogen (secondary N) is 1. The van der Waals surface area contributed by atoms with Gasteiger partial charge in [0, 0.05) is 6.07 Å². The first-order valence-electron chi connectivity index (χ1n) is 6.23. The molecule has 0 saturated heterocycles. The highest BCUT2D eigenvalue weighted by Crippen LogP contribution is 2.38. The van der Waals surface area contributed by atoms with Gasteiger partial charge < -0.3 is 14.8 Å². The summed E-state index contributed by atoms with van der Waals surface area (Å²) in [7, 11) is 2.89. The highest BCUT2D eigenvalue weighted by Gasteiger charge is 2.22. The van der Waals surface area contributed by atoms with Gasteiger partial charge >= 0.3 is 0 Å². The van der Waals surface area contributed by atoms with Crippen molar-refractivity contribution in [3.8, 4) is 11.5 Å². The fourth-order valence-electron chi connectivity index (χ4n) is 1.78. The molecule has 5 nitrogen and oxygen atoms in total. The molecule has 0 radical (unpaired) electrons. The van der Waals surface area contributed by atoms with E-state index in [0.29, 0.717) is 11.5 Å². The Kier molecular flexibility index (Phi) is 6.28. The summed E-state index contributed by atoms with van der Waals surface area (Å²) >= 11 is 29.7. The van der Waals surface area contributed by atoms with E-state index in [2.05, 4.69) is 10.3 Å². The second-order valence-electron chi connectivity index (χ2n) is 4.33. The molecule has 1 heterocycles. The molecule has 0 spiro atoms. The molecule has 0 atom stereocenters. The summed E-state index contributed by atoms with van der Waals surface area (Å²) in [5.41, 5.74) is 0.0958. The van der Waals surface area contributed by atoms with Crippen molar-refractivity contribution in [2.75, 3.05) is 19.5 Å². The molecule has 0 aliphatic rings. The number of carbonyl (C=O) groups excluding carboxylic acids is 1. The first-order chi connectivity index (χ1) is 11.3. The zero-order chi connectivity index (χ0) is 18.0. The Hall–Kier alpha value is -1.11. The van der Waals surface area contributed by atoms with Gasteiger partial charge in [-0.25, -0.2) is 4.98 Å². The van der Waals surface area contributed by atoms with E-state index in [1.54, 1.807) is 0 Å². The number of hydrogen-bond donors (Lipinski definition) is 1. The predicted octanol–water partition coefficient (Wildman–Crippen LogP) is 5.62. The lowest BCUT2D eigenvalue weighted by molar-refractivity contribution is 0.102. The Morgan fingerprint density at radius 2 is 1.58 bits per heavy atom. The van der Waals surface area contributed by atoms with Crippen LogP contribution in [0.5, 0.6) is 11.5 Å². The Labute approximate surface area is 162 Å². The van der Waals surface area contributed by atoms with Crippen LogP contribution in [0.4, 0.5) is 5.69 Å². The molecule has 0 fully saturated rings. The van der Waals surface area contributed by atoms with Crippen LogP contribution in [0, 0.1) is 0 Å². The lowest BCUT2D eigenvalue weighted by Crippen LogP contribution is -2.15. The number of hydrogen-bond acceptors (Lipinski definition) is 4. The van der Waals surface area contributed by atoms with Gasteiger partial charge in [-0.2, -0.15) is 0 Å². The topological polar surface area (TPSA) is 60.5 Å². The second-order valence-corrected chi connectivity index (χ2v) is 6.23. The maximum atomic E-state index is 12.4. The standard InChI is InChI=1S/C14H9Cl5N2O3/c1-23-7-4-8(24-2)6(3-5(7)15)20-14(22)12-10(17)9(16)11(18)13(19)21-12/h3-4H,1-2H3,(H,20,22). The normalized spacial score (nSPS) is 10.5. The molecule has 24 heavy (non-hydrogen) atoms. The van der Waals surface area contributed by atoms with Crippen molar-refractivity contribution in [2.45, 2.75) is 0 Å². The van der Waals surface area contributed by atoms with E-state index in [1.165, 1.54) is 26.4 Å².